The summed E-state index contributed by atoms with van der Waals surface area (Å²) in [5.74, 6) is 0.309. The molecule has 0 saturated heterocycles. The average Bonchev–Trinajstić information content (AvgIpc) is 3.14. The summed E-state index contributed by atoms with van der Waals surface area (Å²) in [6, 6.07) is 7.18. The molecule has 0 saturated carbocycles. The van der Waals surface area contributed by atoms with Crippen LogP contribution >= 0.6 is 23.4 Å². The van der Waals surface area contributed by atoms with Crippen LogP contribution in [0.5, 0.6) is 0 Å². The maximum absolute atomic E-state index is 13.6. The van der Waals surface area contributed by atoms with Crippen molar-refractivity contribution in [2.45, 2.75) is 47.1 Å². The van der Waals surface area contributed by atoms with E-state index < -0.39 is 0 Å². The first-order valence-corrected chi connectivity index (χ1v) is 12.3. The van der Waals surface area contributed by atoms with Gasteiger partial charge in [-0.2, -0.15) is 0 Å². The third kappa shape index (κ3) is 5.21. The van der Waals surface area contributed by atoms with Crippen molar-refractivity contribution in [1.29, 1.82) is 0 Å². The lowest BCUT2D eigenvalue weighted by atomic mass is 9.92. The number of hydrogen-bond donors (Lipinski definition) is 1. The molecule has 2 amide bonds. The van der Waals surface area contributed by atoms with Crippen molar-refractivity contribution in [2.24, 2.45) is 10.9 Å². The van der Waals surface area contributed by atoms with Crippen LogP contribution < -0.4 is 5.32 Å². The predicted molar refractivity (Wildman–Crippen MR) is 132 cm³/mol. The topological polar surface area (TPSA) is 65.0 Å². The molecule has 1 aromatic rings. The summed E-state index contributed by atoms with van der Waals surface area (Å²) in [5.41, 5.74) is 3.12. The molecule has 1 atom stereocenters. The molecular formula is C24H31ClN4O2S. The van der Waals surface area contributed by atoms with E-state index in [1.807, 2.05) is 60.2 Å². The summed E-state index contributed by atoms with van der Waals surface area (Å²) in [6.45, 7) is 11.8. The number of likely N-dealkylation sites (N-methyl/N-ethyl adjacent to an activating group) is 1. The predicted octanol–water partition coefficient (Wildman–Crippen LogP) is 4.95. The molecule has 0 aliphatic carbocycles. The van der Waals surface area contributed by atoms with Crippen LogP contribution in [0.2, 0.25) is 5.02 Å². The minimum absolute atomic E-state index is 0.0317. The normalized spacial score (nSPS) is 17.8. The number of fused-ring (bicyclic) bond motifs is 1. The number of nitrogens with one attached hydrogen (secondary N) is 1. The molecule has 0 bridgehead atoms. The number of hydrogen-bond acceptors (Lipinski definition) is 5. The summed E-state index contributed by atoms with van der Waals surface area (Å²) < 4.78 is 0. The number of carbonyl (C=O) groups is 2. The highest BCUT2D eigenvalue weighted by Crippen LogP contribution is 2.45. The van der Waals surface area contributed by atoms with Crippen LogP contribution in [-0.4, -0.2) is 46.4 Å². The molecule has 0 spiro atoms. The summed E-state index contributed by atoms with van der Waals surface area (Å²) in [7, 11) is 0. The number of allylic oxidation sites excluding steroid dienone is 1. The van der Waals surface area contributed by atoms with Gasteiger partial charge >= 0.3 is 0 Å². The summed E-state index contributed by atoms with van der Waals surface area (Å²) in [5, 5.41) is 6.37. The second-order valence-corrected chi connectivity index (χ2v) is 9.57. The van der Waals surface area contributed by atoms with E-state index in [0.29, 0.717) is 41.8 Å². The van der Waals surface area contributed by atoms with E-state index in [4.69, 9.17) is 16.6 Å². The Balaban J connectivity index is 2.01. The van der Waals surface area contributed by atoms with Crippen LogP contribution in [0.1, 0.15) is 52.6 Å². The molecule has 0 aromatic heterocycles. The zero-order valence-electron chi connectivity index (χ0n) is 19.3. The number of benzene rings is 1. The molecule has 172 valence electrons. The summed E-state index contributed by atoms with van der Waals surface area (Å²) in [4.78, 5) is 34.8. The lowest BCUT2D eigenvalue weighted by molar-refractivity contribution is -0.127. The third-order valence-corrected chi connectivity index (χ3v) is 6.66. The van der Waals surface area contributed by atoms with Gasteiger partial charge in [0.1, 0.15) is 0 Å². The molecule has 32 heavy (non-hydrogen) atoms. The number of amides is 2. The standard InChI is InChI=1S/C24H31ClN4O2S/c1-6-28(7-2)23(31)21-16(5)27-24-29(22(21)17-8-10-18(25)11-9-17)19(14-32-24)12-20(30)26-13-15(3)4/h8-11,14-15,22H,6-7,12-13H2,1-5H3,(H,26,30)/t22-/m0/s1. The number of halogens is 1. The van der Waals surface area contributed by atoms with E-state index in [9.17, 15) is 9.59 Å². The molecule has 6 nitrogen and oxygen atoms in total. The number of carbonyl (C=O) groups excluding carboxylic acids is 2. The minimum Gasteiger partial charge on any atom is -0.356 e. The van der Waals surface area contributed by atoms with E-state index in [-0.39, 0.29) is 24.3 Å². The Bertz CT molecular complexity index is 965. The van der Waals surface area contributed by atoms with Crippen molar-refractivity contribution in [3.8, 4) is 0 Å². The Morgan fingerprint density at radius 2 is 1.88 bits per heavy atom. The van der Waals surface area contributed by atoms with E-state index in [2.05, 4.69) is 19.2 Å². The van der Waals surface area contributed by atoms with Crippen molar-refractivity contribution in [2.75, 3.05) is 19.6 Å². The molecule has 2 aliphatic rings. The van der Waals surface area contributed by atoms with E-state index in [1.54, 1.807) is 0 Å². The fourth-order valence-electron chi connectivity index (χ4n) is 3.83. The summed E-state index contributed by atoms with van der Waals surface area (Å²) in [6.07, 6.45) is 0.231. The number of thioether (sulfide) groups is 1. The van der Waals surface area contributed by atoms with Gasteiger partial charge in [0, 0.05) is 30.4 Å². The minimum atomic E-state index is -0.369. The second kappa shape index (κ2) is 10.6. The lowest BCUT2D eigenvalue weighted by Crippen LogP contribution is -2.42. The van der Waals surface area contributed by atoms with Crippen molar-refractivity contribution in [3.63, 3.8) is 0 Å². The van der Waals surface area contributed by atoms with Gasteiger partial charge < -0.3 is 15.1 Å². The Kier molecular flexibility index (Phi) is 8.06. The van der Waals surface area contributed by atoms with Gasteiger partial charge in [-0.05, 0) is 49.8 Å². The molecule has 1 aromatic carbocycles. The highest BCUT2D eigenvalue weighted by atomic mass is 35.5. The quantitative estimate of drug-likeness (QED) is 0.579. The average molecular weight is 475 g/mol. The lowest BCUT2D eigenvalue weighted by Gasteiger charge is -2.38. The smallest absolute Gasteiger partial charge is 0.254 e. The largest absolute Gasteiger partial charge is 0.356 e. The number of nitrogens with zero attached hydrogens (tertiary/aromatic N) is 3. The SMILES string of the molecule is CCN(CC)C(=O)C1=C(C)N=C2SC=C(CC(=O)NCC(C)C)N2[C@H]1c1ccc(Cl)cc1. The van der Waals surface area contributed by atoms with Gasteiger partial charge in [0.25, 0.3) is 5.91 Å². The highest BCUT2D eigenvalue weighted by Gasteiger charge is 2.41. The van der Waals surface area contributed by atoms with Gasteiger partial charge in [-0.1, -0.05) is 49.3 Å². The van der Waals surface area contributed by atoms with E-state index >= 15 is 0 Å². The van der Waals surface area contributed by atoms with Crippen LogP contribution in [0.3, 0.4) is 0 Å². The zero-order chi connectivity index (χ0) is 23.4. The van der Waals surface area contributed by atoms with Gasteiger partial charge in [0.2, 0.25) is 5.91 Å². The van der Waals surface area contributed by atoms with Gasteiger partial charge in [0.05, 0.1) is 23.7 Å². The Labute approximate surface area is 199 Å². The van der Waals surface area contributed by atoms with Crippen LogP contribution in [-0.2, 0) is 9.59 Å². The number of rotatable bonds is 8. The van der Waals surface area contributed by atoms with Gasteiger partial charge in [-0.15, -0.1) is 0 Å². The van der Waals surface area contributed by atoms with Gasteiger partial charge in [-0.25, -0.2) is 4.99 Å². The van der Waals surface area contributed by atoms with Crippen LogP contribution in [0.25, 0.3) is 0 Å². The third-order valence-electron chi connectivity index (χ3n) is 5.52. The van der Waals surface area contributed by atoms with Crippen molar-refractivity contribution in [1.82, 2.24) is 15.1 Å². The number of aliphatic imine (C=N–C) groups is 1. The first-order valence-electron chi connectivity index (χ1n) is 11.0. The fraction of sp³-hybridized carbons (Fsp3) is 0.458. The fourth-order valence-corrected chi connectivity index (χ4v) is 4.92. The Morgan fingerprint density at radius 3 is 2.47 bits per heavy atom. The zero-order valence-corrected chi connectivity index (χ0v) is 20.9. The van der Waals surface area contributed by atoms with Gasteiger partial charge in [-0.3, -0.25) is 9.59 Å². The molecule has 0 radical (unpaired) electrons. The number of amidine groups is 1. The first-order chi connectivity index (χ1) is 15.3. The Morgan fingerprint density at radius 1 is 1.22 bits per heavy atom. The second-order valence-electron chi connectivity index (χ2n) is 8.30. The molecule has 8 heteroatoms. The van der Waals surface area contributed by atoms with Crippen LogP contribution in [0, 0.1) is 5.92 Å². The molecule has 2 heterocycles. The maximum Gasteiger partial charge on any atom is 0.254 e. The molecule has 3 rings (SSSR count). The molecule has 0 unspecified atom stereocenters. The monoisotopic (exact) mass is 474 g/mol. The molecule has 2 aliphatic heterocycles. The molecule has 0 fully saturated rings. The summed E-state index contributed by atoms with van der Waals surface area (Å²) >= 11 is 7.64. The maximum atomic E-state index is 13.6. The van der Waals surface area contributed by atoms with Crippen LogP contribution in [0.15, 0.2) is 51.6 Å². The van der Waals surface area contributed by atoms with E-state index in [1.165, 1.54) is 11.8 Å². The van der Waals surface area contributed by atoms with E-state index in [0.717, 1.165) is 16.4 Å². The first kappa shape index (κ1) is 24.4. The molecule has 1 N–H and O–H groups in total. The van der Waals surface area contributed by atoms with Crippen LogP contribution in [0.4, 0.5) is 0 Å². The van der Waals surface area contributed by atoms with Crippen molar-refractivity contribution < 1.29 is 9.59 Å². The van der Waals surface area contributed by atoms with Crippen molar-refractivity contribution >= 4 is 40.3 Å². The molecular weight excluding hydrogens is 444 g/mol. The van der Waals surface area contributed by atoms with Gasteiger partial charge in [0.15, 0.2) is 5.17 Å². The van der Waals surface area contributed by atoms with Crippen molar-refractivity contribution in [3.05, 3.63) is 57.2 Å². The highest BCUT2D eigenvalue weighted by molar-refractivity contribution is 8.16. The Hall–Kier alpha value is -2.25.